The zero-order valence-electron chi connectivity index (χ0n) is 8.98. The summed E-state index contributed by atoms with van der Waals surface area (Å²) < 4.78 is 1.26. The summed E-state index contributed by atoms with van der Waals surface area (Å²) in [5, 5.41) is 3.34. The highest BCUT2D eigenvalue weighted by molar-refractivity contribution is 7.17. The molecule has 1 aliphatic rings. The van der Waals surface area contributed by atoms with Crippen molar-refractivity contribution in [3.05, 3.63) is 29.1 Å². The third kappa shape index (κ3) is 1.43. The zero-order valence-corrected chi connectivity index (χ0v) is 9.80. The van der Waals surface area contributed by atoms with Gasteiger partial charge in [0.1, 0.15) is 0 Å². The van der Waals surface area contributed by atoms with Gasteiger partial charge in [-0.05, 0) is 35.7 Å². The molecule has 1 saturated heterocycles. The number of rotatable bonds is 2. The molecule has 1 aliphatic heterocycles. The van der Waals surface area contributed by atoms with E-state index < -0.39 is 0 Å². The van der Waals surface area contributed by atoms with Crippen LogP contribution in [0.4, 0.5) is 5.69 Å². The lowest BCUT2D eigenvalue weighted by Gasteiger charge is -2.20. The molecule has 0 amide bonds. The molecule has 0 spiro atoms. The Morgan fingerprint density at radius 3 is 2.75 bits per heavy atom. The van der Waals surface area contributed by atoms with Gasteiger partial charge in [0.15, 0.2) is 6.29 Å². The lowest BCUT2D eigenvalue weighted by molar-refractivity contribution is 0.112. The van der Waals surface area contributed by atoms with E-state index in [0.717, 1.165) is 30.6 Å². The molecule has 0 saturated carbocycles. The molecule has 0 aliphatic carbocycles. The Bertz CT molecular complexity index is 526. The zero-order chi connectivity index (χ0) is 11.0. The van der Waals surface area contributed by atoms with Crippen LogP contribution in [0.3, 0.4) is 0 Å². The number of hydrogen-bond donors (Lipinski definition) is 0. The van der Waals surface area contributed by atoms with Crippen LogP contribution < -0.4 is 4.90 Å². The fourth-order valence-electron chi connectivity index (χ4n) is 2.39. The highest BCUT2D eigenvalue weighted by Gasteiger charge is 2.18. The SMILES string of the molecule is O=Cc1ccc2ccsc2c1N1CCCC1. The van der Waals surface area contributed by atoms with E-state index in [4.69, 9.17) is 0 Å². The second kappa shape index (κ2) is 3.91. The molecule has 2 nitrogen and oxygen atoms in total. The van der Waals surface area contributed by atoms with Crippen LogP contribution >= 0.6 is 11.3 Å². The third-order valence-corrected chi connectivity index (χ3v) is 4.11. The number of benzene rings is 1. The van der Waals surface area contributed by atoms with Gasteiger partial charge in [0.2, 0.25) is 0 Å². The first-order valence-corrected chi connectivity index (χ1v) is 6.48. The number of carbonyl (C=O) groups excluding carboxylic acids is 1. The van der Waals surface area contributed by atoms with E-state index in [-0.39, 0.29) is 0 Å². The summed E-state index contributed by atoms with van der Waals surface area (Å²) in [6, 6.07) is 6.10. The summed E-state index contributed by atoms with van der Waals surface area (Å²) >= 11 is 1.73. The number of aldehydes is 1. The number of fused-ring (bicyclic) bond motifs is 1. The summed E-state index contributed by atoms with van der Waals surface area (Å²) in [6.45, 7) is 2.16. The van der Waals surface area contributed by atoms with Crippen LogP contribution in [0.15, 0.2) is 23.6 Å². The number of thiophene rings is 1. The van der Waals surface area contributed by atoms with Gasteiger partial charge >= 0.3 is 0 Å². The van der Waals surface area contributed by atoms with Gasteiger partial charge in [0.25, 0.3) is 0 Å². The van der Waals surface area contributed by atoms with Gasteiger partial charge in [-0.2, -0.15) is 0 Å². The van der Waals surface area contributed by atoms with Crippen LogP contribution in [0.2, 0.25) is 0 Å². The molecular formula is C13H13NOS. The van der Waals surface area contributed by atoms with Crippen molar-refractivity contribution in [2.45, 2.75) is 12.8 Å². The maximum absolute atomic E-state index is 11.1. The van der Waals surface area contributed by atoms with Crippen molar-refractivity contribution >= 4 is 33.4 Å². The van der Waals surface area contributed by atoms with Crippen LogP contribution in [-0.2, 0) is 0 Å². The van der Waals surface area contributed by atoms with E-state index in [1.165, 1.54) is 22.9 Å². The van der Waals surface area contributed by atoms with Crippen molar-refractivity contribution in [3.63, 3.8) is 0 Å². The summed E-state index contributed by atoms with van der Waals surface area (Å²) in [6.07, 6.45) is 3.45. The van der Waals surface area contributed by atoms with Gasteiger partial charge < -0.3 is 4.90 Å². The van der Waals surface area contributed by atoms with Crippen molar-refractivity contribution in [2.75, 3.05) is 18.0 Å². The largest absolute Gasteiger partial charge is 0.370 e. The van der Waals surface area contributed by atoms with Gasteiger partial charge in [0, 0.05) is 18.7 Å². The van der Waals surface area contributed by atoms with Crippen molar-refractivity contribution < 1.29 is 4.79 Å². The number of anilines is 1. The Labute approximate surface area is 98.5 Å². The quantitative estimate of drug-likeness (QED) is 0.739. The van der Waals surface area contributed by atoms with E-state index in [9.17, 15) is 4.79 Å². The predicted octanol–water partition coefficient (Wildman–Crippen LogP) is 3.31. The standard InChI is InChI=1S/C13H13NOS/c15-9-11-4-3-10-5-8-16-13(10)12(11)14-6-1-2-7-14/h3-5,8-9H,1-2,6-7H2. The van der Waals surface area contributed by atoms with E-state index in [0.29, 0.717) is 0 Å². The van der Waals surface area contributed by atoms with E-state index in [2.05, 4.69) is 16.3 Å². The summed E-state index contributed by atoms with van der Waals surface area (Å²) in [4.78, 5) is 13.5. The maximum Gasteiger partial charge on any atom is 0.152 e. The second-order valence-corrected chi connectivity index (χ2v) is 5.07. The average Bonchev–Trinajstić information content (AvgIpc) is 2.98. The van der Waals surface area contributed by atoms with Crippen LogP contribution in [0.1, 0.15) is 23.2 Å². The summed E-state index contributed by atoms with van der Waals surface area (Å²) in [5.41, 5.74) is 1.98. The van der Waals surface area contributed by atoms with Gasteiger partial charge in [-0.15, -0.1) is 11.3 Å². The van der Waals surface area contributed by atoms with E-state index in [1.807, 2.05) is 12.1 Å². The third-order valence-electron chi connectivity index (χ3n) is 3.18. The van der Waals surface area contributed by atoms with E-state index >= 15 is 0 Å². The fraction of sp³-hybridized carbons (Fsp3) is 0.308. The maximum atomic E-state index is 11.1. The number of carbonyl (C=O) groups is 1. The van der Waals surface area contributed by atoms with Crippen molar-refractivity contribution in [1.82, 2.24) is 0 Å². The topological polar surface area (TPSA) is 20.3 Å². The molecule has 3 heteroatoms. The molecule has 0 N–H and O–H groups in total. The van der Waals surface area contributed by atoms with Gasteiger partial charge in [-0.3, -0.25) is 4.79 Å². The lowest BCUT2D eigenvalue weighted by Crippen LogP contribution is -2.19. The predicted molar refractivity (Wildman–Crippen MR) is 68.7 cm³/mol. The van der Waals surface area contributed by atoms with Gasteiger partial charge in [-0.1, -0.05) is 6.07 Å². The minimum atomic E-state index is 0.830. The van der Waals surface area contributed by atoms with E-state index in [1.54, 1.807) is 11.3 Å². The molecule has 1 aromatic heterocycles. The average molecular weight is 231 g/mol. The molecule has 3 rings (SSSR count). The second-order valence-electron chi connectivity index (χ2n) is 4.15. The summed E-state index contributed by atoms with van der Waals surface area (Å²) in [7, 11) is 0. The molecule has 82 valence electrons. The Hall–Kier alpha value is -1.35. The highest BCUT2D eigenvalue weighted by Crippen LogP contribution is 2.35. The van der Waals surface area contributed by atoms with Crippen molar-refractivity contribution in [1.29, 1.82) is 0 Å². The molecule has 1 aromatic carbocycles. The molecule has 0 unspecified atom stereocenters. The minimum Gasteiger partial charge on any atom is -0.370 e. The normalized spacial score (nSPS) is 15.9. The lowest BCUT2D eigenvalue weighted by atomic mass is 10.1. The molecule has 0 atom stereocenters. The minimum absolute atomic E-state index is 0.830. The molecular weight excluding hydrogens is 218 g/mol. The first-order valence-electron chi connectivity index (χ1n) is 5.60. The number of hydrogen-bond acceptors (Lipinski definition) is 3. The highest BCUT2D eigenvalue weighted by atomic mass is 32.1. The molecule has 0 radical (unpaired) electrons. The molecule has 2 aromatic rings. The van der Waals surface area contributed by atoms with Crippen molar-refractivity contribution in [3.8, 4) is 0 Å². The number of nitrogens with zero attached hydrogens (tertiary/aromatic N) is 1. The Morgan fingerprint density at radius 2 is 2.00 bits per heavy atom. The van der Waals surface area contributed by atoms with Crippen LogP contribution in [0, 0.1) is 0 Å². The Balaban J connectivity index is 2.23. The Kier molecular flexibility index (Phi) is 2.40. The first kappa shape index (κ1) is 9.85. The van der Waals surface area contributed by atoms with Crippen LogP contribution in [-0.4, -0.2) is 19.4 Å². The molecule has 1 fully saturated rings. The van der Waals surface area contributed by atoms with Gasteiger partial charge in [0.05, 0.1) is 10.4 Å². The molecule has 2 heterocycles. The smallest absolute Gasteiger partial charge is 0.152 e. The molecule has 16 heavy (non-hydrogen) atoms. The first-order chi connectivity index (χ1) is 7.90. The van der Waals surface area contributed by atoms with Crippen LogP contribution in [0.5, 0.6) is 0 Å². The molecule has 0 bridgehead atoms. The van der Waals surface area contributed by atoms with Crippen LogP contribution in [0.25, 0.3) is 10.1 Å². The Morgan fingerprint density at radius 1 is 1.19 bits per heavy atom. The van der Waals surface area contributed by atoms with Gasteiger partial charge in [-0.25, -0.2) is 0 Å². The fourth-order valence-corrected chi connectivity index (χ4v) is 3.38. The monoisotopic (exact) mass is 231 g/mol. The van der Waals surface area contributed by atoms with Crippen molar-refractivity contribution in [2.24, 2.45) is 0 Å². The summed E-state index contributed by atoms with van der Waals surface area (Å²) in [5.74, 6) is 0.